The van der Waals surface area contributed by atoms with Gasteiger partial charge in [0.2, 0.25) is 10.0 Å². The van der Waals surface area contributed by atoms with Crippen molar-refractivity contribution in [1.29, 1.82) is 0 Å². The lowest BCUT2D eigenvalue weighted by Gasteiger charge is -2.13. The molecule has 1 unspecified atom stereocenters. The molecule has 1 rings (SSSR count). The minimum atomic E-state index is -3.49. The largest absolute Gasteiger partial charge is 0.326 e. The van der Waals surface area contributed by atoms with Gasteiger partial charge in [0, 0.05) is 17.6 Å². The first-order valence-electron chi connectivity index (χ1n) is 5.41. The maximum Gasteiger partial charge on any atom is 0.240 e. The molecule has 0 fully saturated rings. The number of benzene rings is 1. The third-order valence-corrected chi connectivity index (χ3v) is 4.47. The molecule has 0 radical (unpaired) electrons. The third-order valence-electron chi connectivity index (χ3n) is 2.52. The lowest BCUT2D eigenvalue weighted by atomic mass is 10.2. The van der Waals surface area contributed by atoms with Crippen LogP contribution in [0.5, 0.6) is 0 Å². The van der Waals surface area contributed by atoms with Gasteiger partial charge in [-0.1, -0.05) is 18.5 Å². The van der Waals surface area contributed by atoms with E-state index in [-0.39, 0.29) is 17.5 Å². The zero-order valence-electron chi connectivity index (χ0n) is 9.90. The van der Waals surface area contributed by atoms with Crippen molar-refractivity contribution < 1.29 is 8.42 Å². The molecule has 96 valence electrons. The van der Waals surface area contributed by atoms with E-state index >= 15 is 0 Å². The van der Waals surface area contributed by atoms with E-state index < -0.39 is 10.0 Å². The highest BCUT2D eigenvalue weighted by Crippen LogP contribution is 2.20. The van der Waals surface area contributed by atoms with Gasteiger partial charge in [0.05, 0.1) is 4.90 Å². The molecule has 0 aliphatic heterocycles. The Balaban J connectivity index is 3.07. The van der Waals surface area contributed by atoms with Crippen molar-refractivity contribution >= 4 is 21.6 Å². The van der Waals surface area contributed by atoms with Crippen molar-refractivity contribution in [2.75, 3.05) is 0 Å². The van der Waals surface area contributed by atoms with Gasteiger partial charge < -0.3 is 5.73 Å². The average molecular weight is 277 g/mol. The molecule has 1 atom stereocenters. The lowest BCUT2D eigenvalue weighted by Crippen LogP contribution is -2.32. The van der Waals surface area contributed by atoms with E-state index in [1.54, 1.807) is 6.07 Å². The Morgan fingerprint density at radius 2 is 2.12 bits per heavy atom. The molecule has 3 N–H and O–H groups in total. The molecule has 0 aromatic heterocycles. The van der Waals surface area contributed by atoms with Crippen LogP contribution < -0.4 is 10.5 Å². The predicted molar refractivity (Wildman–Crippen MR) is 69.4 cm³/mol. The smallest absolute Gasteiger partial charge is 0.240 e. The first-order chi connectivity index (χ1) is 7.90. The SMILES string of the molecule is CCC(C)NS(=O)(=O)c1ccc(Cl)c(CN)c1. The van der Waals surface area contributed by atoms with Crippen molar-refractivity contribution in [3.05, 3.63) is 28.8 Å². The molecule has 1 aromatic carbocycles. The van der Waals surface area contributed by atoms with Gasteiger partial charge >= 0.3 is 0 Å². The molecule has 4 nitrogen and oxygen atoms in total. The number of nitrogens with one attached hydrogen (secondary N) is 1. The highest BCUT2D eigenvalue weighted by atomic mass is 35.5. The lowest BCUT2D eigenvalue weighted by molar-refractivity contribution is 0.555. The van der Waals surface area contributed by atoms with Crippen LogP contribution >= 0.6 is 11.6 Å². The number of sulfonamides is 1. The van der Waals surface area contributed by atoms with E-state index in [0.29, 0.717) is 10.6 Å². The Labute approximate surface area is 107 Å². The van der Waals surface area contributed by atoms with Crippen LogP contribution in [0.1, 0.15) is 25.8 Å². The minimum Gasteiger partial charge on any atom is -0.326 e. The van der Waals surface area contributed by atoms with Crippen LogP contribution in [-0.4, -0.2) is 14.5 Å². The van der Waals surface area contributed by atoms with Crippen molar-refractivity contribution in [3.8, 4) is 0 Å². The highest BCUT2D eigenvalue weighted by molar-refractivity contribution is 7.89. The van der Waals surface area contributed by atoms with E-state index in [1.165, 1.54) is 12.1 Å². The van der Waals surface area contributed by atoms with Crippen LogP contribution in [0.25, 0.3) is 0 Å². The quantitative estimate of drug-likeness (QED) is 0.862. The van der Waals surface area contributed by atoms with Crippen LogP contribution in [-0.2, 0) is 16.6 Å². The molecule has 0 spiro atoms. The molecule has 0 saturated heterocycles. The zero-order valence-corrected chi connectivity index (χ0v) is 11.5. The van der Waals surface area contributed by atoms with E-state index in [4.69, 9.17) is 17.3 Å². The Morgan fingerprint density at radius 1 is 1.47 bits per heavy atom. The monoisotopic (exact) mass is 276 g/mol. The molecule has 0 aliphatic carbocycles. The Morgan fingerprint density at radius 3 is 2.65 bits per heavy atom. The molecule has 1 aromatic rings. The summed E-state index contributed by atoms with van der Waals surface area (Å²) in [5.74, 6) is 0. The Hall–Kier alpha value is -0.620. The number of nitrogens with two attached hydrogens (primary N) is 1. The molecule has 17 heavy (non-hydrogen) atoms. The second kappa shape index (κ2) is 5.82. The van der Waals surface area contributed by atoms with Gasteiger partial charge in [0.25, 0.3) is 0 Å². The van der Waals surface area contributed by atoms with Gasteiger partial charge in [0.15, 0.2) is 0 Å². The van der Waals surface area contributed by atoms with E-state index in [1.807, 2.05) is 13.8 Å². The van der Waals surface area contributed by atoms with Crippen molar-refractivity contribution in [2.45, 2.75) is 37.8 Å². The van der Waals surface area contributed by atoms with Gasteiger partial charge in [-0.2, -0.15) is 0 Å². The summed E-state index contributed by atoms with van der Waals surface area (Å²) in [7, 11) is -3.49. The second-order valence-electron chi connectivity index (χ2n) is 3.89. The standard InChI is InChI=1S/C11H17ClN2O2S/c1-3-8(2)14-17(15,16)10-4-5-11(12)9(6-10)7-13/h4-6,8,14H,3,7,13H2,1-2H3. The van der Waals surface area contributed by atoms with Gasteiger partial charge in [-0.25, -0.2) is 13.1 Å². The van der Waals surface area contributed by atoms with E-state index in [9.17, 15) is 8.42 Å². The predicted octanol–water partition coefficient (Wildman–Crippen LogP) is 1.88. The zero-order chi connectivity index (χ0) is 13.1. The Kier molecular flexibility index (Phi) is 4.94. The first-order valence-corrected chi connectivity index (χ1v) is 7.27. The summed E-state index contributed by atoms with van der Waals surface area (Å²) in [6.07, 6.45) is 0.733. The van der Waals surface area contributed by atoms with E-state index in [0.717, 1.165) is 6.42 Å². The molecule has 6 heteroatoms. The third kappa shape index (κ3) is 3.67. The van der Waals surface area contributed by atoms with Crippen LogP contribution in [0.3, 0.4) is 0 Å². The van der Waals surface area contributed by atoms with Crippen molar-refractivity contribution in [2.24, 2.45) is 5.73 Å². The Bertz CT molecular complexity index is 488. The fourth-order valence-electron chi connectivity index (χ4n) is 1.29. The molecular formula is C11H17ClN2O2S. The molecule has 0 bridgehead atoms. The van der Waals surface area contributed by atoms with Crippen LogP contribution in [0, 0.1) is 0 Å². The van der Waals surface area contributed by atoms with E-state index in [2.05, 4.69) is 4.72 Å². The summed E-state index contributed by atoms with van der Waals surface area (Å²) in [6.45, 7) is 3.95. The van der Waals surface area contributed by atoms with Crippen LogP contribution in [0.2, 0.25) is 5.02 Å². The topological polar surface area (TPSA) is 72.2 Å². The normalized spacial score (nSPS) is 13.6. The van der Waals surface area contributed by atoms with Gasteiger partial charge in [-0.05, 0) is 37.1 Å². The molecule has 0 amide bonds. The molecule has 0 heterocycles. The molecule has 0 aliphatic rings. The number of hydrogen-bond donors (Lipinski definition) is 2. The van der Waals surface area contributed by atoms with Crippen LogP contribution in [0.15, 0.2) is 23.1 Å². The highest BCUT2D eigenvalue weighted by Gasteiger charge is 2.17. The van der Waals surface area contributed by atoms with Crippen LogP contribution in [0.4, 0.5) is 0 Å². The average Bonchev–Trinajstić information content (AvgIpc) is 2.28. The van der Waals surface area contributed by atoms with Gasteiger partial charge in [0.1, 0.15) is 0 Å². The van der Waals surface area contributed by atoms with Gasteiger partial charge in [-0.3, -0.25) is 0 Å². The summed E-state index contributed by atoms with van der Waals surface area (Å²) < 4.78 is 26.6. The fraction of sp³-hybridized carbons (Fsp3) is 0.455. The number of rotatable bonds is 5. The van der Waals surface area contributed by atoms with Gasteiger partial charge in [-0.15, -0.1) is 0 Å². The summed E-state index contributed by atoms with van der Waals surface area (Å²) in [5, 5.41) is 0.481. The fourth-order valence-corrected chi connectivity index (χ4v) is 2.86. The summed E-state index contributed by atoms with van der Waals surface area (Å²) in [5.41, 5.74) is 6.11. The maximum absolute atomic E-state index is 12.0. The summed E-state index contributed by atoms with van der Waals surface area (Å²) in [6, 6.07) is 4.44. The first kappa shape index (κ1) is 14.4. The summed E-state index contributed by atoms with van der Waals surface area (Å²) in [4.78, 5) is 0.197. The summed E-state index contributed by atoms with van der Waals surface area (Å²) >= 11 is 5.88. The number of halogens is 1. The van der Waals surface area contributed by atoms with Crippen molar-refractivity contribution in [3.63, 3.8) is 0 Å². The molecular weight excluding hydrogens is 260 g/mol. The second-order valence-corrected chi connectivity index (χ2v) is 6.01. The minimum absolute atomic E-state index is 0.1000. The maximum atomic E-state index is 12.0. The van der Waals surface area contributed by atoms with Crippen molar-refractivity contribution in [1.82, 2.24) is 4.72 Å². The molecule has 0 saturated carbocycles. The number of hydrogen-bond acceptors (Lipinski definition) is 3.